The standard InChI is InChI=1S/C21H22N2O2S.C12H18.Ru/c1-16-12-14-19(15-13-16)26(24,25)23-21(18-10-6-3-7-11-18)20(22)17-8-4-2-5-9-17;1-7-8(2)10(4)12(6)11(5)9(7)3;/h2-15,20-21,23H,22H2,1H3;1-6H3;/t20-,21-;;/m0../s1. The molecule has 0 radical (unpaired) electrons. The van der Waals surface area contributed by atoms with E-state index in [-0.39, 0.29) is 24.4 Å². The summed E-state index contributed by atoms with van der Waals surface area (Å²) >= 11 is 0. The molecule has 2 atom stereocenters. The molecule has 0 saturated heterocycles. The van der Waals surface area contributed by atoms with Crippen LogP contribution in [0.15, 0.2) is 89.8 Å². The minimum atomic E-state index is -3.71. The van der Waals surface area contributed by atoms with Gasteiger partial charge in [0, 0.05) is 19.5 Å². The molecule has 0 fully saturated rings. The van der Waals surface area contributed by atoms with Crippen molar-refractivity contribution >= 4 is 10.0 Å². The van der Waals surface area contributed by atoms with E-state index in [9.17, 15) is 8.42 Å². The molecule has 4 rings (SSSR count). The van der Waals surface area contributed by atoms with Crippen molar-refractivity contribution in [3.63, 3.8) is 0 Å². The zero-order chi connectivity index (χ0) is 28.0. The molecule has 4 nitrogen and oxygen atoms in total. The zero-order valence-electron chi connectivity index (χ0n) is 23.9. The zero-order valence-corrected chi connectivity index (χ0v) is 26.4. The van der Waals surface area contributed by atoms with Crippen molar-refractivity contribution in [3.8, 4) is 0 Å². The van der Waals surface area contributed by atoms with Gasteiger partial charge in [-0.05, 0) is 105 Å². The molecule has 0 unspecified atom stereocenters. The van der Waals surface area contributed by atoms with Crippen LogP contribution in [0.5, 0.6) is 0 Å². The Morgan fingerprint density at radius 1 is 0.564 bits per heavy atom. The molecule has 0 amide bonds. The summed E-state index contributed by atoms with van der Waals surface area (Å²) in [6.45, 7) is 15.2. The van der Waals surface area contributed by atoms with Crippen LogP contribution in [0.4, 0.5) is 0 Å². The number of rotatable bonds is 6. The van der Waals surface area contributed by atoms with Crippen LogP contribution < -0.4 is 10.5 Å². The van der Waals surface area contributed by atoms with Crippen molar-refractivity contribution in [2.24, 2.45) is 5.73 Å². The molecule has 0 bridgehead atoms. The van der Waals surface area contributed by atoms with Crippen molar-refractivity contribution in [1.29, 1.82) is 0 Å². The van der Waals surface area contributed by atoms with Gasteiger partial charge in [-0.1, -0.05) is 78.4 Å². The van der Waals surface area contributed by atoms with Gasteiger partial charge in [0.05, 0.1) is 17.0 Å². The van der Waals surface area contributed by atoms with E-state index < -0.39 is 22.1 Å². The number of hydrogen-bond acceptors (Lipinski definition) is 3. The third-order valence-electron chi connectivity index (χ3n) is 7.69. The summed E-state index contributed by atoms with van der Waals surface area (Å²) < 4.78 is 28.6. The second-order valence-electron chi connectivity index (χ2n) is 10.0. The molecule has 0 aromatic heterocycles. The minimum Gasteiger partial charge on any atom is -0.322 e. The molecule has 0 saturated carbocycles. The van der Waals surface area contributed by atoms with E-state index in [4.69, 9.17) is 5.73 Å². The predicted octanol–water partition coefficient (Wildman–Crippen LogP) is 7.25. The summed E-state index contributed by atoms with van der Waals surface area (Å²) in [5.41, 5.74) is 17.9. The Balaban J connectivity index is 0.000000346. The van der Waals surface area contributed by atoms with Gasteiger partial charge in [0.25, 0.3) is 0 Å². The van der Waals surface area contributed by atoms with Crippen LogP contribution in [-0.4, -0.2) is 8.42 Å². The average Bonchev–Trinajstić information content (AvgIpc) is 2.94. The number of nitrogens with two attached hydrogens (primary N) is 1. The van der Waals surface area contributed by atoms with Crippen molar-refractivity contribution in [1.82, 2.24) is 4.72 Å². The number of hydrogen-bond donors (Lipinski definition) is 2. The Bertz CT molecular complexity index is 1370. The third-order valence-corrected chi connectivity index (χ3v) is 9.15. The molecular weight excluding hydrogens is 590 g/mol. The SMILES string of the molecule is Cc1c(C)c(C)c(C)c(C)c1C.Cc1ccc(S(=O)(=O)N[C@@H](c2ccccc2)[C@@H](N)c2ccccc2)cc1.[Ru]. The summed E-state index contributed by atoms with van der Waals surface area (Å²) in [5, 5.41) is 0. The fourth-order valence-corrected chi connectivity index (χ4v) is 5.76. The largest absolute Gasteiger partial charge is 0.322 e. The first-order chi connectivity index (χ1) is 17.9. The summed E-state index contributed by atoms with van der Waals surface area (Å²) in [6.07, 6.45) is 0. The number of sulfonamides is 1. The van der Waals surface area contributed by atoms with E-state index in [2.05, 4.69) is 46.3 Å². The summed E-state index contributed by atoms with van der Waals surface area (Å²) in [7, 11) is -3.71. The van der Waals surface area contributed by atoms with Crippen LogP contribution in [0.2, 0.25) is 0 Å². The predicted molar refractivity (Wildman–Crippen MR) is 159 cm³/mol. The molecule has 6 heteroatoms. The van der Waals surface area contributed by atoms with Crippen molar-refractivity contribution in [2.45, 2.75) is 65.4 Å². The van der Waals surface area contributed by atoms with Crippen LogP contribution in [0.25, 0.3) is 0 Å². The number of nitrogens with one attached hydrogen (secondary N) is 1. The summed E-state index contributed by atoms with van der Waals surface area (Å²) in [6, 6.07) is 24.6. The molecule has 3 N–H and O–H groups in total. The minimum absolute atomic E-state index is 0. The number of benzene rings is 4. The maximum Gasteiger partial charge on any atom is 0.241 e. The van der Waals surface area contributed by atoms with E-state index in [1.807, 2.05) is 67.6 Å². The van der Waals surface area contributed by atoms with Crippen LogP contribution in [0, 0.1) is 48.5 Å². The van der Waals surface area contributed by atoms with Crippen LogP contribution in [0.3, 0.4) is 0 Å². The molecular formula is C33H40N2O2RuS. The molecule has 39 heavy (non-hydrogen) atoms. The first kappa shape index (κ1) is 32.6. The quantitative estimate of drug-likeness (QED) is 0.221. The van der Waals surface area contributed by atoms with E-state index in [0.717, 1.165) is 16.7 Å². The van der Waals surface area contributed by atoms with Gasteiger partial charge in [0.2, 0.25) is 10.0 Å². The van der Waals surface area contributed by atoms with Crippen LogP contribution in [-0.2, 0) is 29.5 Å². The Kier molecular flexibility index (Phi) is 11.8. The van der Waals surface area contributed by atoms with Crippen molar-refractivity contribution in [2.75, 3.05) is 0 Å². The average molecular weight is 630 g/mol. The fraction of sp³-hybridized carbons (Fsp3) is 0.273. The Morgan fingerprint density at radius 2 is 0.923 bits per heavy atom. The van der Waals surface area contributed by atoms with E-state index >= 15 is 0 Å². The number of aryl methyl sites for hydroxylation is 1. The molecule has 208 valence electrons. The first-order valence-corrected chi connectivity index (χ1v) is 14.4. The molecule has 0 spiro atoms. The molecule has 0 aliphatic heterocycles. The van der Waals surface area contributed by atoms with Gasteiger partial charge >= 0.3 is 0 Å². The molecule has 0 aliphatic carbocycles. The Hall–Kier alpha value is -2.63. The maximum absolute atomic E-state index is 12.9. The Labute approximate surface area is 247 Å². The van der Waals surface area contributed by atoms with Gasteiger partial charge in [-0.3, -0.25) is 0 Å². The summed E-state index contributed by atoms with van der Waals surface area (Å²) in [5.74, 6) is 0. The molecule has 4 aromatic rings. The van der Waals surface area contributed by atoms with Crippen LogP contribution in [0.1, 0.15) is 62.2 Å². The third kappa shape index (κ3) is 7.96. The van der Waals surface area contributed by atoms with Crippen molar-refractivity contribution < 1.29 is 27.9 Å². The van der Waals surface area contributed by atoms with E-state index in [0.29, 0.717) is 0 Å². The monoisotopic (exact) mass is 630 g/mol. The van der Waals surface area contributed by atoms with Crippen molar-refractivity contribution in [3.05, 3.63) is 135 Å². The normalized spacial score (nSPS) is 12.5. The van der Waals surface area contributed by atoms with E-state index in [1.165, 1.54) is 33.4 Å². The van der Waals surface area contributed by atoms with Gasteiger partial charge in [0.1, 0.15) is 0 Å². The second kappa shape index (κ2) is 14.1. The van der Waals surface area contributed by atoms with Gasteiger partial charge in [-0.25, -0.2) is 13.1 Å². The Morgan fingerprint density at radius 3 is 1.31 bits per heavy atom. The molecule has 4 aromatic carbocycles. The van der Waals surface area contributed by atoms with E-state index in [1.54, 1.807) is 24.3 Å². The topological polar surface area (TPSA) is 72.2 Å². The maximum atomic E-state index is 12.9. The smallest absolute Gasteiger partial charge is 0.241 e. The van der Waals surface area contributed by atoms with Gasteiger partial charge in [0.15, 0.2) is 0 Å². The molecule has 0 aliphatic rings. The fourth-order valence-electron chi connectivity index (χ4n) is 4.52. The second-order valence-corrected chi connectivity index (χ2v) is 11.7. The van der Waals surface area contributed by atoms with Gasteiger partial charge in [-0.15, -0.1) is 0 Å². The first-order valence-electron chi connectivity index (χ1n) is 12.9. The molecule has 0 heterocycles. The van der Waals surface area contributed by atoms with Gasteiger partial charge < -0.3 is 5.73 Å². The van der Waals surface area contributed by atoms with Crippen LogP contribution >= 0.6 is 0 Å². The van der Waals surface area contributed by atoms with Gasteiger partial charge in [-0.2, -0.15) is 0 Å². The summed E-state index contributed by atoms with van der Waals surface area (Å²) in [4.78, 5) is 0.226.